The van der Waals surface area contributed by atoms with E-state index in [0.29, 0.717) is 69.9 Å². The van der Waals surface area contributed by atoms with E-state index in [0.717, 1.165) is 44.6 Å². The number of nitrogens with zero attached hydrogens (tertiary/aromatic N) is 5. The molecule has 3 aliphatic heterocycles. The third-order valence-corrected chi connectivity index (χ3v) is 12.8. The highest BCUT2D eigenvalue weighted by atomic mass is 19.3. The quantitative estimate of drug-likeness (QED) is 0.220. The second-order valence-corrected chi connectivity index (χ2v) is 18.5. The number of rotatable bonds is 8. The number of ether oxygens (including phenoxy) is 3. The molecule has 2 aromatic rings. The van der Waals surface area contributed by atoms with Crippen LogP contribution in [0.15, 0.2) is 18.5 Å². The summed E-state index contributed by atoms with van der Waals surface area (Å²) in [7, 11) is 0. The normalized spacial score (nSPS) is 30.0. The summed E-state index contributed by atoms with van der Waals surface area (Å²) >= 11 is 0. The third kappa shape index (κ3) is 8.21. The van der Waals surface area contributed by atoms with Gasteiger partial charge in [-0.15, -0.1) is 0 Å². The van der Waals surface area contributed by atoms with Crippen molar-refractivity contribution in [2.75, 3.05) is 37.7 Å². The minimum absolute atomic E-state index is 0.0634. The lowest BCUT2D eigenvalue weighted by Crippen LogP contribution is -2.60. The van der Waals surface area contributed by atoms with E-state index in [9.17, 15) is 18.4 Å². The van der Waals surface area contributed by atoms with Gasteiger partial charge in [-0.2, -0.15) is 8.78 Å². The molecular formula is C41H54F4N6O5. The van der Waals surface area contributed by atoms with Gasteiger partial charge in [0.15, 0.2) is 0 Å². The first kappa shape index (κ1) is 39.2. The zero-order valence-corrected chi connectivity index (χ0v) is 32.8. The number of halogens is 4. The smallest absolute Gasteiger partial charge is 0.309 e. The molecule has 5 heterocycles. The summed E-state index contributed by atoms with van der Waals surface area (Å²) in [6, 6.07) is 1.87. The third-order valence-electron chi connectivity index (χ3n) is 12.8. The largest absolute Gasteiger partial charge is 0.474 e. The molecule has 1 N–H and O–H groups in total. The minimum Gasteiger partial charge on any atom is -0.474 e. The zero-order chi connectivity index (χ0) is 39.6. The average molecular weight is 787 g/mol. The number of fused-ring (bicyclic) bond motifs is 4. The topological polar surface area (TPSA) is 119 Å². The lowest BCUT2D eigenvalue weighted by molar-refractivity contribution is -0.163. The molecule has 1 spiro atoms. The zero-order valence-electron chi connectivity index (χ0n) is 32.8. The Bertz CT molecular complexity index is 1780. The Labute approximate surface area is 325 Å². The van der Waals surface area contributed by atoms with Crippen LogP contribution in [0.2, 0.25) is 0 Å². The number of amides is 1. The highest BCUT2D eigenvalue weighted by molar-refractivity contribution is 5.95. The first-order chi connectivity index (χ1) is 26.4. The van der Waals surface area contributed by atoms with Crippen LogP contribution in [0.1, 0.15) is 120 Å². The lowest BCUT2D eigenvalue weighted by atomic mass is 9.66. The lowest BCUT2D eigenvalue weighted by Gasteiger charge is -2.46. The number of likely N-dealkylation sites (tertiary alicyclic amines) is 1. The van der Waals surface area contributed by atoms with E-state index < -0.39 is 29.0 Å². The first-order valence-corrected chi connectivity index (χ1v) is 20.4. The van der Waals surface area contributed by atoms with Crippen LogP contribution in [0.3, 0.4) is 0 Å². The molecule has 2 aromatic heterocycles. The van der Waals surface area contributed by atoms with E-state index in [1.54, 1.807) is 6.20 Å². The molecule has 2 atom stereocenters. The molecule has 11 nitrogen and oxygen atoms in total. The number of hydrogen-bond donors (Lipinski definition) is 1. The number of esters is 1. The molecule has 0 aromatic carbocycles. The number of carbonyl (C=O) groups excluding carboxylic acids is 2. The van der Waals surface area contributed by atoms with Crippen molar-refractivity contribution in [2.45, 2.75) is 139 Å². The van der Waals surface area contributed by atoms with Gasteiger partial charge in [0, 0.05) is 56.4 Å². The summed E-state index contributed by atoms with van der Waals surface area (Å²) < 4.78 is 75.4. The first-order valence-electron chi connectivity index (χ1n) is 20.4. The predicted molar refractivity (Wildman–Crippen MR) is 198 cm³/mol. The predicted octanol–water partition coefficient (Wildman–Crippen LogP) is 7.09. The van der Waals surface area contributed by atoms with Gasteiger partial charge >= 0.3 is 5.97 Å². The molecule has 2 unspecified atom stereocenters. The molecule has 2 bridgehead atoms. The maximum absolute atomic E-state index is 15.4. The monoisotopic (exact) mass is 786 g/mol. The molecule has 2 saturated heterocycles. The Morgan fingerprint density at radius 2 is 1.59 bits per heavy atom. The SMILES string of the molecule is CC(C)(C)OC(=O)C1CC2CC(CC(NC(=O)c3cnc(N4CC5(CCOCC5)c5cc(OC6CCC(N7CC(F)(F)C7)CC6)ncc54)nc3C(C)(F)F)C2)C1. The van der Waals surface area contributed by atoms with Crippen molar-refractivity contribution >= 4 is 23.5 Å². The van der Waals surface area contributed by atoms with Crippen molar-refractivity contribution in [1.29, 1.82) is 0 Å². The fraction of sp³-hybridized carbons (Fsp3) is 0.732. The van der Waals surface area contributed by atoms with Crippen LogP contribution in [0.25, 0.3) is 0 Å². The molecule has 8 rings (SSSR count). The molecule has 3 aliphatic carbocycles. The summed E-state index contributed by atoms with van der Waals surface area (Å²) in [6.45, 7) is 7.49. The van der Waals surface area contributed by atoms with Crippen molar-refractivity contribution in [2.24, 2.45) is 17.8 Å². The highest BCUT2D eigenvalue weighted by Crippen LogP contribution is 2.50. The van der Waals surface area contributed by atoms with Gasteiger partial charge in [-0.25, -0.2) is 23.7 Å². The van der Waals surface area contributed by atoms with Crippen molar-refractivity contribution in [3.63, 3.8) is 0 Å². The number of hydrogen-bond acceptors (Lipinski definition) is 10. The number of nitrogens with one attached hydrogen (secondary N) is 1. The van der Waals surface area contributed by atoms with E-state index in [1.807, 2.05) is 36.6 Å². The summed E-state index contributed by atoms with van der Waals surface area (Å²) in [4.78, 5) is 43.8. The van der Waals surface area contributed by atoms with E-state index in [4.69, 9.17) is 14.2 Å². The van der Waals surface area contributed by atoms with Gasteiger partial charge in [-0.1, -0.05) is 0 Å². The maximum Gasteiger partial charge on any atom is 0.309 e. The molecule has 3 saturated carbocycles. The molecule has 5 fully saturated rings. The summed E-state index contributed by atoms with van der Waals surface area (Å²) in [5.41, 5.74) is -0.161. The van der Waals surface area contributed by atoms with Gasteiger partial charge < -0.3 is 24.4 Å². The Hall–Kier alpha value is -3.59. The van der Waals surface area contributed by atoms with Crippen LogP contribution in [0, 0.1) is 17.8 Å². The van der Waals surface area contributed by atoms with Crippen LogP contribution in [-0.4, -0.2) is 94.3 Å². The summed E-state index contributed by atoms with van der Waals surface area (Å²) in [6.07, 6.45) is 10.9. The standard InChI is InChI=1S/C41H54F4N6O5/c1-38(2,3)56-36(53)26-14-24-13-25(15-26)17-27(16-24)48-35(52)30-19-47-37(49-34(30)39(4,42)43)51-21-40(9-11-54-12-10-40)31-18-33(46-20-32(31)51)55-29-7-5-28(6-8-29)50-22-41(44,45)23-50/h18-20,24-29H,5-17,21-23H2,1-4H3,(H,48,52). The van der Waals surface area contributed by atoms with Crippen molar-refractivity contribution in [3.05, 3.63) is 35.3 Å². The van der Waals surface area contributed by atoms with Gasteiger partial charge in [0.05, 0.1) is 36.5 Å². The van der Waals surface area contributed by atoms with E-state index in [1.165, 1.54) is 6.20 Å². The van der Waals surface area contributed by atoms with Crippen LogP contribution < -0.4 is 15.0 Å². The number of carbonyl (C=O) groups is 2. The van der Waals surface area contributed by atoms with Crippen LogP contribution >= 0.6 is 0 Å². The Balaban J connectivity index is 0.969. The number of alkyl halides is 4. The van der Waals surface area contributed by atoms with E-state index >= 15 is 8.78 Å². The van der Waals surface area contributed by atoms with Gasteiger partial charge in [-0.3, -0.25) is 14.5 Å². The number of anilines is 2. The number of aromatic nitrogens is 3. The van der Waals surface area contributed by atoms with E-state index in [-0.39, 0.29) is 71.9 Å². The van der Waals surface area contributed by atoms with Crippen molar-refractivity contribution in [1.82, 2.24) is 25.2 Å². The Kier molecular flexibility index (Phi) is 10.3. The second-order valence-electron chi connectivity index (χ2n) is 18.5. The molecule has 6 aliphatic rings. The van der Waals surface area contributed by atoms with Crippen molar-refractivity contribution in [3.8, 4) is 5.88 Å². The summed E-state index contributed by atoms with van der Waals surface area (Å²) in [5, 5.41) is 3.01. The fourth-order valence-corrected chi connectivity index (χ4v) is 10.3. The molecule has 306 valence electrons. The maximum atomic E-state index is 15.4. The Morgan fingerprint density at radius 3 is 2.21 bits per heavy atom. The van der Waals surface area contributed by atoms with Gasteiger partial charge in [0.25, 0.3) is 17.8 Å². The van der Waals surface area contributed by atoms with Gasteiger partial charge in [0.2, 0.25) is 11.8 Å². The van der Waals surface area contributed by atoms with Gasteiger partial charge in [-0.05, 0) is 109 Å². The van der Waals surface area contributed by atoms with E-state index in [2.05, 4.69) is 20.3 Å². The van der Waals surface area contributed by atoms with Crippen LogP contribution in [-0.2, 0) is 25.6 Å². The summed E-state index contributed by atoms with van der Waals surface area (Å²) in [5.74, 6) is -6.01. The van der Waals surface area contributed by atoms with Crippen molar-refractivity contribution < 1.29 is 41.4 Å². The molecule has 0 radical (unpaired) electrons. The Morgan fingerprint density at radius 1 is 0.911 bits per heavy atom. The minimum atomic E-state index is -3.43. The average Bonchev–Trinajstić information content (AvgIpc) is 3.41. The molecular weight excluding hydrogens is 732 g/mol. The fourth-order valence-electron chi connectivity index (χ4n) is 10.3. The molecule has 56 heavy (non-hydrogen) atoms. The second kappa shape index (κ2) is 14.7. The van der Waals surface area contributed by atoms with Crippen LogP contribution in [0.5, 0.6) is 5.88 Å². The molecule has 15 heteroatoms. The van der Waals surface area contributed by atoms with Crippen LogP contribution in [0.4, 0.5) is 29.2 Å². The number of pyridine rings is 1. The molecule has 1 amide bonds. The van der Waals surface area contributed by atoms with Gasteiger partial charge in [0.1, 0.15) is 17.4 Å². The highest BCUT2D eigenvalue weighted by Gasteiger charge is 2.49.